The van der Waals surface area contributed by atoms with Crippen LogP contribution < -0.4 is 0 Å². The van der Waals surface area contributed by atoms with Crippen molar-refractivity contribution in [1.29, 1.82) is 0 Å². The lowest BCUT2D eigenvalue weighted by atomic mass is 10.1. The Hall–Kier alpha value is -3.22. The molecule has 0 saturated heterocycles. The van der Waals surface area contributed by atoms with Gasteiger partial charge in [0.1, 0.15) is 0 Å². The van der Waals surface area contributed by atoms with E-state index in [0.29, 0.717) is 37.3 Å². The summed E-state index contributed by atoms with van der Waals surface area (Å²) in [5.74, 6) is -0.135. The molecule has 0 N–H and O–H groups in total. The van der Waals surface area contributed by atoms with E-state index in [-0.39, 0.29) is 11.8 Å². The van der Waals surface area contributed by atoms with Crippen molar-refractivity contribution in [2.24, 2.45) is 0 Å². The molecule has 4 aromatic rings. The third kappa shape index (κ3) is 7.15. The molecule has 0 aromatic heterocycles. The molecule has 4 nitrogen and oxygen atoms in total. The molecule has 2 amide bonds. The molecule has 0 heterocycles. The highest BCUT2D eigenvalue weighted by Crippen LogP contribution is 2.17. The molecule has 0 fully saturated rings. The molecule has 0 aliphatic rings. The summed E-state index contributed by atoms with van der Waals surface area (Å²) in [6, 6.07) is 34.6. The van der Waals surface area contributed by atoms with Gasteiger partial charge in [-0.25, -0.2) is 0 Å². The van der Waals surface area contributed by atoms with E-state index in [2.05, 4.69) is 31.9 Å². The average molecular weight is 606 g/mol. The van der Waals surface area contributed by atoms with E-state index in [4.69, 9.17) is 0 Å². The van der Waals surface area contributed by atoms with Crippen LogP contribution in [-0.4, -0.2) is 34.7 Å². The first-order valence-electron chi connectivity index (χ1n) is 11.7. The minimum Gasteiger partial charge on any atom is -0.333 e. The number of rotatable bonds is 9. The summed E-state index contributed by atoms with van der Waals surface area (Å²) < 4.78 is 1.84. The Morgan fingerprint density at radius 3 is 1.17 bits per heavy atom. The molecule has 0 aliphatic heterocycles. The molecule has 0 bridgehead atoms. The fraction of sp³-hybridized carbons (Fsp3) is 0.133. The Morgan fingerprint density at radius 2 is 0.833 bits per heavy atom. The summed E-state index contributed by atoms with van der Waals surface area (Å²) in [7, 11) is 0. The van der Waals surface area contributed by atoms with Crippen molar-refractivity contribution < 1.29 is 9.59 Å². The Labute approximate surface area is 228 Å². The lowest BCUT2D eigenvalue weighted by Gasteiger charge is -2.28. The maximum atomic E-state index is 13.5. The highest BCUT2D eigenvalue weighted by atomic mass is 79.9. The van der Waals surface area contributed by atoms with Crippen LogP contribution >= 0.6 is 31.9 Å². The Kier molecular flexibility index (Phi) is 9.09. The van der Waals surface area contributed by atoms with Gasteiger partial charge in [-0.05, 0) is 59.7 Å². The van der Waals surface area contributed by atoms with Crippen LogP contribution in [0.4, 0.5) is 0 Å². The van der Waals surface area contributed by atoms with Crippen LogP contribution in [0.5, 0.6) is 0 Å². The first-order chi connectivity index (χ1) is 17.5. The van der Waals surface area contributed by atoms with E-state index < -0.39 is 0 Å². The molecular formula is C30H26Br2N2O2. The molecule has 0 atom stereocenters. The standard InChI is InChI=1S/C30H26Br2N2O2/c31-27-15-11-25(12-16-27)29(35)33(21-23-7-3-1-4-8-23)19-20-34(22-24-9-5-2-6-10-24)30(36)26-13-17-28(32)18-14-26/h1-18H,19-22H2. The zero-order valence-corrected chi connectivity index (χ0v) is 22.9. The number of carbonyl (C=O) groups is 2. The molecule has 4 aromatic carbocycles. The van der Waals surface area contributed by atoms with E-state index in [1.165, 1.54) is 0 Å². The summed E-state index contributed by atoms with van der Waals surface area (Å²) in [4.78, 5) is 30.6. The normalized spacial score (nSPS) is 10.6. The predicted octanol–water partition coefficient (Wildman–Crippen LogP) is 7.20. The number of carbonyl (C=O) groups excluding carboxylic acids is 2. The fourth-order valence-electron chi connectivity index (χ4n) is 3.90. The number of benzene rings is 4. The van der Waals surface area contributed by atoms with Crippen LogP contribution in [0, 0.1) is 0 Å². The van der Waals surface area contributed by atoms with Crippen molar-refractivity contribution in [2.75, 3.05) is 13.1 Å². The summed E-state index contributed by atoms with van der Waals surface area (Å²) in [6.07, 6.45) is 0. The van der Waals surface area contributed by atoms with E-state index in [9.17, 15) is 9.59 Å². The van der Waals surface area contributed by atoms with Crippen LogP contribution in [0.25, 0.3) is 0 Å². The predicted molar refractivity (Wildman–Crippen MR) is 151 cm³/mol. The molecule has 0 radical (unpaired) electrons. The molecule has 182 valence electrons. The van der Waals surface area contributed by atoms with Crippen LogP contribution in [-0.2, 0) is 13.1 Å². The quantitative estimate of drug-likeness (QED) is 0.202. The molecule has 4 rings (SSSR count). The van der Waals surface area contributed by atoms with Crippen molar-refractivity contribution in [1.82, 2.24) is 9.80 Å². The second-order valence-corrected chi connectivity index (χ2v) is 10.3. The number of halogens is 2. The number of nitrogens with zero attached hydrogens (tertiary/aromatic N) is 2. The topological polar surface area (TPSA) is 40.6 Å². The molecule has 6 heteroatoms. The molecule has 0 unspecified atom stereocenters. The molecule has 36 heavy (non-hydrogen) atoms. The van der Waals surface area contributed by atoms with Crippen molar-refractivity contribution in [3.05, 3.63) is 140 Å². The van der Waals surface area contributed by atoms with E-state index in [1.807, 2.05) is 119 Å². The molecular weight excluding hydrogens is 580 g/mol. The lowest BCUT2D eigenvalue weighted by Crippen LogP contribution is -2.40. The molecule has 0 saturated carbocycles. The first kappa shape index (κ1) is 25.9. The third-order valence-corrected chi connectivity index (χ3v) is 6.89. The van der Waals surface area contributed by atoms with Gasteiger partial charge in [-0.3, -0.25) is 9.59 Å². The maximum Gasteiger partial charge on any atom is 0.254 e. The highest BCUT2D eigenvalue weighted by molar-refractivity contribution is 9.10. The van der Waals surface area contributed by atoms with Crippen LogP contribution in [0.15, 0.2) is 118 Å². The molecule has 0 spiro atoms. The van der Waals surface area contributed by atoms with Gasteiger partial charge in [-0.15, -0.1) is 0 Å². The smallest absolute Gasteiger partial charge is 0.254 e. The lowest BCUT2D eigenvalue weighted by molar-refractivity contribution is 0.0644. The van der Waals surface area contributed by atoms with Gasteiger partial charge in [0.2, 0.25) is 0 Å². The zero-order valence-electron chi connectivity index (χ0n) is 19.7. The van der Waals surface area contributed by atoms with E-state index >= 15 is 0 Å². The van der Waals surface area contributed by atoms with E-state index in [1.54, 1.807) is 0 Å². The van der Waals surface area contributed by atoms with Crippen molar-refractivity contribution in [2.45, 2.75) is 13.1 Å². The van der Waals surface area contributed by atoms with Gasteiger partial charge in [0, 0.05) is 46.3 Å². The van der Waals surface area contributed by atoms with Crippen molar-refractivity contribution in [3.63, 3.8) is 0 Å². The number of hydrogen-bond donors (Lipinski definition) is 0. The number of hydrogen-bond acceptors (Lipinski definition) is 2. The van der Waals surface area contributed by atoms with Crippen molar-refractivity contribution in [3.8, 4) is 0 Å². The highest BCUT2D eigenvalue weighted by Gasteiger charge is 2.21. The van der Waals surface area contributed by atoms with E-state index in [0.717, 1.165) is 20.1 Å². The second kappa shape index (κ2) is 12.7. The minimum atomic E-state index is -0.0675. The van der Waals surface area contributed by atoms with Gasteiger partial charge in [-0.1, -0.05) is 92.5 Å². The van der Waals surface area contributed by atoms with Gasteiger partial charge < -0.3 is 9.80 Å². The van der Waals surface area contributed by atoms with Gasteiger partial charge in [0.05, 0.1) is 0 Å². The maximum absolute atomic E-state index is 13.5. The Balaban J connectivity index is 1.58. The summed E-state index contributed by atoms with van der Waals surface area (Å²) >= 11 is 6.87. The SMILES string of the molecule is O=C(c1ccc(Br)cc1)N(CCN(Cc1ccccc1)C(=O)c1ccc(Br)cc1)Cc1ccccc1. The summed E-state index contributed by atoms with van der Waals surface area (Å²) in [6.45, 7) is 1.72. The largest absolute Gasteiger partial charge is 0.333 e. The fourth-order valence-corrected chi connectivity index (χ4v) is 4.43. The van der Waals surface area contributed by atoms with Gasteiger partial charge in [0.15, 0.2) is 0 Å². The summed E-state index contributed by atoms with van der Waals surface area (Å²) in [5.41, 5.74) is 3.31. The Morgan fingerprint density at radius 1 is 0.500 bits per heavy atom. The van der Waals surface area contributed by atoms with Crippen LogP contribution in [0.3, 0.4) is 0 Å². The van der Waals surface area contributed by atoms with Gasteiger partial charge in [-0.2, -0.15) is 0 Å². The summed E-state index contributed by atoms with van der Waals surface area (Å²) in [5, 5.41) is 0. The van der Waals surface area contributed by atoms with Gasteiger partial charge >= 0.3 is 0 Å². The van der Waals surface area contributed by atoms with Crippen molar-refractivity contribution >= 4 is 43.7 Å². The zero-order chi connectivity index (χ0) is 25.3. The molecule has 0 aliphatic carbocycles. The average Bonchev–Trinajstić information content (AvgIpc) is 2.91. The monoisotopic (exact) mass is 604 g/mol. The van der Waals surface area contributed by atoms with Crippen LogP contribution in [0.1, 0.15) is 31.8 Å². The minimum absolute atomic E-state index is 0.0675. The Bertz CT molecular complexity index is 1180. The third-order valence-electron chi connectivity index (χ3n) is 5.83. The van der Waals surface area contributed by atoms with Crippen LogP contribution in [0.2, 0.25) is 0 Å². The first-order valence-corrected chi connectivity index (χ1v) is 13.3. The second-order valence-electron chi connectivity index (χ2n) is 8.44. The van der Waals surface area contributed by atoms with Gasteiger partial charge in [0.25, 0.3) is 11.8 Å². The number of amides is 2.